The third kappa shape index (κ3) is 2.93. The van der Waals surface area contributed by atoms with E-state index in [9.17, 15) is 9.50 Å². The smallest absolute Gasteiger partial charge is 0.147 e. The number of thiophene rings is 1. The number of hydrogen-bond acceptors (Lipinski definition) is 5. The average molecular weight is 317 g/mol. The van der Waals surface area contributed by atoms with Crippen LogP contribution in [-0.4, -0.2) is 27.7 Å². The molecule has 0 amide bonds. The fourth-order valence-corrected chi connectivity index (χ4v) is 3.25. The van der Waals surface area contributed by atoms with Gasteiger partial charge in [0, 0.05) is 4.88 Å². The minimum absolute atomic E-state index is 0.0329. The zero-order valence-corrected chi connectivity index (χ0v) is 12.9. The van der Waals surface area contributed by atoms with Gasteiger partial charge < -0.3 is 10.4 Å². The number of hydrogen-bond donors (Lipinski definition) is 2. The third-order valence-electron chi connectivity index (χ3n) is 3.49. The highest BCUT2D eigenvalue weighted by Gasteiger charge is 2.13. The predicted molar refractivity (Wildman–Crippen MR) is 87.6 cm³/mol. The Balaban J connectivity index is 2.00. The highest BCUT2D eigenvalue weighted by molar-refractivity contribution is 7.22. The van der Waals surface area contributed by atoms with Gasteiger partial charge in [0.05, 0.1) is 22.9 Å². The molecule has 0 bridgehead atoms. The summed E-state index contributed by atoms with van der Waals surface area (Å²) in [6.07, 6.45) is 2.31. The van der Waals surface area contributed by atoms with Gasteiger partial charge in [-0.3, -0.25) is 0 Å². The van der Waals surface area contributed by atoms with E-state index < -0.39 is 0 Å². The molecule has 0 aliphatic carbocycles. The second-order valence-corrected chi connectivity index (χ2v) is 6.04. The van der Waals surface area contributed by atoms with Gasteiger partial charge in [0.15, 0.2) is 0 Å². The molecular weight excluding hydrogens is 301 g/mol. The molecule has 2 N–H and O–H groups in total. The molecule has 0 saturated carbocycles. The fourth-order valence-electron chi connectivity index (χ4n) is 2.18. The Morgan fingerprint density at radius 3 is 2.73 bits per heavy atom. The molecule has 0 saturated heterocycles. The summed E-state index contributed by atoms with van der Waals surface area (Å²) in [7, 11) is 0. The van der Waals surface area contributed by atoms with E-state index in [0.717, 1.165) is 32.9 Å². The Hall–Kier alpha value is -2.05. The fraction of sp³-hybridized carbons (Fsp3) is 0.250. The van der Waals surface area contributed by atoms with Crippen molar-refractivity contribution in [3.05, 3.63) is 42.5 Å². The van der Waals surface area contributed by atoms with E-state index in [-0.39, 0.29) is 18.5 Å². The molecule has 0 aliphatic rings. The van der Waals surface area contributed by atoms with Crippen molar-refractivity contribution in [3.63, 3.8) is 0 Å². The maximum absolute atomic E-state index is 13.0. The van der Waals surface area contributed by atoms with E-state index in [2.05, 4.69) is 15.3 Å². The van der Waals surface area contributed by atoms with Gasteiger partial charge in [0.2, 0.25) is 0 Å². The third-order valence-corrected chi connectivity index (χ3v) is 4.67. The molecule has 22 heavy (non-hydrogen) atoms. The van der Waals surface area contributed by atoms with Crippen LogP contribution in [0.5, 0.6) is 0 Å². The van der Waals surface area contributed by atoms with Gasteiger partial charge >= 0.3 is 0 Å². The Morgan fingerprint density at radius 1 is 1.27 bits per heavy atom. The Bertz CT molecular complexity index is 769. The van der Waals surface area contributed by atoms with E-state index in [1.807, 2.05) is 13.0 Å². The van der Waals surface area contributed by atoms with Crippen LogP contribution in [0.25, 0.3) is 20.7 Å². The summed E-state index contributed by atoms with van der Waals surface area (Å²) in [6.45, 7) is 2.06. The number of halogens is 1. The summed E-state index contributed by atoms with van der Waals surface area (Å²) >= 11 is 1.55. The summed E-state index contributed by atoms with van der Waals surface area (Å²) in [4.78, 5) is 9.58. The zero-order valence-electron chi connectivity index (χ0n) is 12.1. The summed E-state index contributed by atoms with van der Waals surface area (Å²) in [5.74, 6) is 0.477. The standard InChI is InChI=1S/C16H16FN3OS/c1-2-12(8-21)20-16-15-13(18-9-19-16)7-14(22-15)10-3-5-11(17)6-4-10/h3-7,9,12,21H,2,8H2,1H3,(H,18,19,20)/t12-/m1/s1. The molecule has 1 aromatic carbocycles. The first-order valence-electron chi connectivity index (χ1n) is 7.09. The van der Waals surface area contributed by atoms with Crippen molar-refractivity contribution >= 4 is 27.4 Å². The van der Waals surface area contributed by atoms with Crippen LogP contribution in [0.15, 0.2) is 36.7 Å². The lowest BCUT2D eigenvalue weighted by Gasteiger charge is -2.14. The SMILES string of the molecule is CC[C@H](CO)Nc1ncnc2cc(-c3ccc(F)cc3)sc12. The molecule has 3 rings (SSSR count). The van der Waals surface area contributed by atoms with Crippen LogP contribution in [0.4, 0.5) is 10.2 Å². The number of fused-ring (bicyclic) bond motifs is 1. The number of anilines is 1. The van der Waals surface area contributed by atoms with E-state index in [1.165, 1.54) is 18.5 Å². The molecule has 2 aromatic heterocycles. The van der Waals surface area contributed by atoms with Gasteiger partial charge in [-0.2, -0.15) is 0 Å². The molecule has 0 radical (unpaired) electrons. The minimum Gasteiger partial charge on any atom is -0.394 e. The van der Waals surface area contributed by atoms with Crippen molar-refractivity contribution in [2.75, 3.05) is 11.9 Å². The number of benzene rings is 1. The molecule has 2 heterocycles. The molecule has 0 unspecified atom stereocenters. The number of aliphatic hydroxyl groups excluding tert-OH is 1. The van der Waals surface area contributed by atoms with E-state index in [1.54, 1.807) is 23.5 Å². The topological polar surface area (TPSA) is 58.0 Å². The largest absolute Gasteiger partial charge is 0.394 e. The van der Waals surface area contributed by atoms with Crippen molar-refractivity contribution in [1.82, 2.24) is 9.97 Å². The highest BCUT2D eigenvalue weighted by Crippen LogP contribution is 2.35. The zero-order chi connectivity index (χ0) is 15.5. The van der Waals surface area contributed by atoms with Gasteiger partial charge in [-0.15, -0.1) is 11.3 Å². The molecule has 0 fully saturated rings. The van der Waals surface area contributed by atoms with Crippen LogP contribution in [0.2, 0.25) is 0 Å². The Labute approximate surface area is 131 Å². The van der Waals surface area contributed by atoms with Gasteiger partial charge in [-0.05, 0) is 30.2 Å². The van der Waals surface area contributed by atoms with Crippen molar-refractivity contribution < 1.29 is 9.50 Å². The lowest BCUT2D eigenvalue weighted by Crippen LogP contribution is -2.23. The molecule has 1 atom stereocenters. The van der Waals surface area contributed by atoms with Crippen molar-refractivity contribution in [2.24, 2.45) is 0 Å². The van der Waals surface area contributed by atoms with Gasteiger partial charge in [-0.1, -0.05) is 19.1 Å². The molecular formula is C16H16FN3OS. The summed E-state index contributed by atoms with van der Waals surface area (Å²) < 4.78 is 14.0. The van der Waals surface area contributed by atoms with Gasteiger partial charge in [-0.25, -0.2) is 14.4 Å². The summed E-state index contributed by atoms with van der Waals surface area (Å²) in [5.41, 5.74) is 1.79. The van der Waals surface area contributed by atoms with Crippen molar-refractivity contribution in [3.8, 4) is 10.4 Å². The molecule has 4 nitrogen and oxygen atoms in total. The monoisotopic (exact) mass is 317 g/mol. The first-order valence-corrected chi connectivity index (χ1v) is 7.90. The van der Waals surface area contributed by atoms with Crippen molar-refractivity contribution in [1.29, 1.82) is 0 Å². The van der Waals surface area contributed by atoms with Crippen LogP contribution in [0.3, 0.4) is 0 Å². The van der Waals surface area contributed by atoms with Crippen LogP contribution >= 0.6 is 11.3 Å². The van der Waals surface area contributed by atoms with Crippen LogP contribution in [0, 0.1) is 5.82 Å². The Morgan fingerprint density at radius 2 is 2.05 bits per heavy atom. The average Bonchev–Trinajstić information content (AvgIpc) is 2.98. The number of rotatable bonds is 5. The number of nitrogens with zero attached hydrogens (tertiary/aromatic N) is 2. The number of aliphatic hydroxyl groups is 1. The molecule has 114 valence electrons. The van der Waals surface area contributed by atoms with Crippen LogP contribution in [-0.2, 0) is 0 Å². The predicted octanol–water partition coefficient (Wildman–Crippen LogP) is 3.68. The van der Waals surface area contributed by atoms with Crippen molar-refractivity contribution in [2.45, 2.75) is 19.4 Å². The lowest BCUT2D eigenvalue weighted by atomic mass is 10.2. The minimum atomic E-state index is -0.249. The molecule has 0 aliphatic heterocycles. The first-order chi connectivity index (χ1) is 10.7. The second-order valence-electron chi connectivity index (χ2n) is 4.99. The van der Waals surface area contributed by atoms with E-state index >= 15 is 0 Å². The Kier molecular flexibility index (Phi) is 4.31. The van der Waals surface area contributed by atoms with Gasteiger partial charge in [0.1, 0.15) is 18.0 Å². The van der Waals surface area contributed by atoms with E-state index in [0.29, 0.717) is 0 Å². The highest BCUT2D eigenvalue weighted by atomic mass is 32.1. The van der Waals surface area contributed by atoms with Crippen LogP contribution in [0.1, 0.15) is 13.3 Å². The summed E-state index contributed by atoms with van der Waals surface area (Å²) in [6, 6.07) is 8.34. The lowest BCUT2D eigenvalue weighted by molar-refractivity contribution is 0.271. The van der Waals surface area contributed by atoms with Crippen LogP contribution < -0.4 is 5.32 Å². The first kappa shape index (κ1) is 14.9. The second kappa shape index (κ2) is 6.37. The number of nitrogens with one attached hydrogen (secondary N) is 1. The maximum atomic E-state index is 13.0. The maximum Gasteiger partial charge on any atom is 0.147 e. The number of aromatic nitrogens is 2. The van der Waals surface area contributed by atoms with Gasteiger partial charge in [0.25, 0.3) is 0 Å². The molecule has 6 heteroatoms. The quantitative estimate of drug-likeness (QED) is 0.753. The normalized spacial score (nSPS) is 12.5. The van der Waals surface area contributed by atoms with E-state index in [4.69, 9.17) is 0 Å². The molecule has 0 spiro atoms. The summed E-state index contributed by atoms with van der Waals surface area (Å²) in [5, 5.41) is 12.6. The molecule has 3 aromatic rings.